The van der Waals surface area contributed by atoms with Crippen molar-refractivity contribution in [3.63, 3.8) is 0 Å². The highest BCUT2D eigenvalue weighted by molar-refractivity contribution is 5.94. The molecule has 1 aliphatic heterocycles. The summed E-state index contributed by atoms with van der Waals surface area (Å²) in [5, 5.41) is 1.99. The third kappa shape index (κ3) is 3.37. The minimum absolute atomic E-state index is 0.105. The summed E-state index contributed by atoms with van der Waals surface area (Å²) < 4.78 is 0. The predicted octanol–water partition coefficient (Wildman–Crippen LogP) is 5.38. The van der Waals surface area contributed by atoms with Crippen LogP contribution in [-0.4, -0.2) is 17.0 Å². The summed E-state index contributed by atoms with van der Waals surface area (Å²) in [6, 6.07) is 19.1. The number of nitrogens with one attached hydrogen (secondary N) is 1. The smallest absolute Gasteiger partial charge is 0.268 e. The lowest BCUT2D eigenvalue weighted by Crippen LogP contribution is -2.50. The van der Waals surface area contributed by atoms with E-state index in [0.717, 1.165) is 5.56 Å². The van der Waals surface area contributed by atoms with Gasteiger partial charge in [-0.3, -0.25) is 9.80 Å². The Labute approximate surface area is 169 Å². The van der Waals surface area contributed by atoms with Gasteiger partial charge in [-0.25, -0.2) is 5.43 Å². The minimum atomic E-state index is 0.105. The van der Waals surface area contributed by atoms with E-state index in [9.17, 15) is 4.79 Å². The van der Waals surface area contributed by atoms with Crippen molar-refractivity contribution in [2.24, 2.45) is 23.7 Å². The number of aryl methyl sites for hydroxylation is 1. The van der Waals surface area contributed by atoms with Crippen molar-refractivity contribution in [1.82, 2.24) is 10.4 Å². The third-order valence-corrected chi connectivity index (χ3v) is 6.94. The van der Waals surface area contributed by atoms with E-state index in [1.54, 1.807) is 0 Å². The molecule has 0 bridgehead atoms. The Morgan fingerprint density at radius 1 is 1.04 bits per heavy atom. The molecule has 1 amide bonds. The molecule has 1 aliphatic carbocycles. The van der Waals surface area contributed by atoms with E-state index in [2.05, 4.69) is 63.5 Å². The first-order chi connectivity index (χ1) is 13.5. The van der Waals surface area contributed by atoms with Crippen LogP contribution in [-0.2, 0) is 0 Å². The van der Waals surface area contributed by atoms with Crippen molar-refractivity contribution < 1.29 is 4.79 Å². The second-order valence-corrected chi connectivity index (χ2v) is 9.09. The number of nitrogens with zero attached hydrogens (tertiary/aromatic N) is 1. The SMILES string of the molecule is Cc1ccc(C(=O)N2N[C@H](c3ccccc3)[C@H]3[C@H]2[C@H](C(C)C)CC[C@H]3C)cc1. The summed E-state index contributed by atoms with van der Waals surface area (Å²) in [5.41, 5.74) is 6.89. The number of hydrazine groups is 1. The molecule has 0 unspecified atom stereocenters. The van der Waals surface area contributed by atoms with Gasteiger partial charge in [0.05, 0.1) is 12.1 Å². The molecule has 0 radical (unpaired) electrons. The van der Waals surface area contributed by atoms with E-state index in [1.165, 1.54) is 24.0 Å². The van der Waals surface area contributed by atoms with Crippen LogP contribution in [0.3, 0.4) is 0 Å². The van der Waals surface area contributed by atoms with E-state index < -0.39 is 0 Å². The highest BCUT2D eigenvalue weighted by atomic mass is 16.2. The van der Waals surface area contributed by atoms with Crippen molar-refractivity contribution in [3.8, 4) is 0 Å². The summed E-state index contributed by atoms with van der Waals surface area (Å²) in [7, 11) is 0. The van der Waals surface area contributed by atoms with Crippen LogP contribution >= 0.6 is 0 Å². The van der Waals surface area contributed by atoms with Crippen LogP contribution < -0.4 is 5.43 Å². The minimum Gasteiger partial charge on any atom is -0.270 e. The second kappa shape index (κ2) is 7.71. The highest BCUT2D eigenvalue weighted by Gasteiger charge is 2.52. The summed E-state index contributed by atoms with van der Waals surface area (Å²) in [6.07, 6.45) is 2.43. The van der Waals surface area contributed by atoms with Gasteiger partial charge in [-0.1, -0.05) is 68.8 Å². The van der Waals surface area contributed by atoms with Gasteiger partial charge in [-0.2, -0.15) is 0 Å². The first-order valence-electron chi connectivity index (χ1n) is 10.7. The lowest BCUT2D eigenvalue weighted by Gasteiger charge is -2.43. The summed E-state index contributed by atoms with van der Waals surface area (Å²) in [5.74, 6) is 2.22. The lowest BCUT2D eigenvalue weighted by molar-refractivity contribution is 0.0338. The molecule has 28 heavy (non-hydrogen) atoms. The number of amides is 1. The van der Waals surface area contributed by atoms with Crippen LogP contribution in [0.4, 0.5) is 0 Å². The molecule has 5 atom stereocenters. The number of rotatable bonds is 3. The molecular formula is C25H32N2O. The van der Waals surface area contributed by atoms with Crippen LogP contribution in [0.1, 0.15) is 61.1 Å². The number of carbonyl (C=O) groups excluding carboxylic acids is 1. The normalized spacial score (nSPS) is 29.8. The van der Waals surface area contributed by atoms with Gasteiger partial charge in [0.25, 0.3) is 5.91 Å². The van der Waals surface area contributed by atoms with Gasteiger partial charge in [0.2, 0.25) is 0 Å². The fraction of sp³-hybridized carbons (Fsp3) is 0.480. The topological polar surface area (TPSA) is 32.3 Å². The van der Waals surface area contributed by atoms with Gasteiger partial charge in [-0.05, 0) is 55.2 Å². The third-order valence-electron chi connectivity index (χ3n) is 6.94. The molecule has 0 spiro atoms. The van der Waals surface area contributed by atoms with Gasteiger partial charge >= 0.3 is 0 Å². The number of fused-ring (bicyclic) bond motifs is 1. The van der Waals surface area contributed by atoms with Crippen LogP contribution in [0.25, 0.3) is 0 Å². The Hall–Kier alpha value is -2.13. The van der Waals surface area contributed by atoms with Crippen molar-refractivity contribution in [1.29, 1.82) is 0 Å². The fourth-order valence-electron chi connectivity index (χ4n) is 5.37. The first-order valence-corrected chi connectivity index (χ1v) is 10.7. The Kier molecular flexibility index (Phi) is 5.29. The largest absolute Gasteiger partial charge is 0.270 e. The maximum atomic E-state index is 13.5. The predicted molar refractivity (Wildman–Crippen MR) is 114 cm³/mol. The Morgan fingerprint density at radius 2 is 1.71 bits per heavy atom. The molecule has 0 aromatic heterocycles. The summed E-state index contributed by atoms with van der Waals surface area (Å²) in [6.45, 7) is 9.04. The van der Waals surface area contributed by atoms with Crippen LogP contribution in [0, 0.1) is 30.6 Å². The number of carbonyl (C=O) groups is 1. The molecule has 2 aromatic rings. The van der Waals surface area contributed by atoms with Crippen LogP contribution in [0.2, 0.25) is 0 Å². The molecule has 1 saturated carbocycles. The van der Waals surface area contributed by atoms with E-state index >= 15 is 0 Å². The Bertz CT molecular complexity index is 814. The molecular weight excluding hydrogens is 344 g/mol. The Morgan fingerprint density at radius 3 is 2.36 bits per heavy atom. The molecule has 3 heteroatoms. The zero-order chi connectivity index (χ0) is 19.8. The van der Waals surface area contributed by atoms with Gasteiger partial charge in [0, 0.05) is 11.5 Å². The number of hydrogen-bond donors (Lipinski definition) is 1. The standard InChI is InChI=1S/C25H32N2O/c1-16(2)21-15-12-18(4)22-23(19-8-6-5-7-9-19)26-27(24(21)22)25(28)20-13-10-17(3)11-14-20/h5-11,13-14,16,18,21-24,26H,12,15H2,1-4H3/t18-,21+,22+,23-,24-/m1/s1. The van der Waals surface area contributed by atoms with Crippen LogP contribution in [0.15, 0.2) is 54.6 Å². The maximum Gasteiger partial charge on any atom is 0.268 e. The molecule has 1 saturated heterocycles. The van der Waals surface area contributed by atoms with E-state index in [1.807, 2.05) is 29.3 Å². The van der Waals surface area contributed by atoms with Gasteiger partial charge in [-0.15, -0.1) is 0 Å². The zero-order valence-corrected chi connectivity index (χ0v) is 17.4. The van der Waals surface area contributed by atoms with Crippen molar-refractivity contribution >= 4 is 5.91 Å². The quantitative estimate of drug-likeness (QED) is 0.779. The van der Waals surface area contributed by atoms with Crippen molar-refractivity contribution in [2.45, 2.75) is 52.6 Å². The molecule has 4 rings (SSSR count). The van der Waals surface area contributed by atoms with Gasteiger partial charge in [0.1, 0.15) is 0 Å². The molecule has 1 heterocycles. The second-order valence-electron chi connectivity index (χ2n) is 9.09. The van der Waals surface area contributed by atoms with E-state index in [-0.39, 0.29) is 18.0 Å². The number of benzene rings is 2. The van der Waals surface area contributed by atoms with Crippen molar-refractivity contribution in [3.05, 3.63) is 71.3 Å². The molecule has 2 aliphatic rings. The van der Waals surface area contributed by atoms with E-state index in [4.69, 9.17) is 0 Å². The molecule has 3 nitrogen and oxygen atoms in total. The fourth-order valence-corrected chi connectivity index (χ4v) is 5.37. The number of hydrogen-bond acceptors (Lipinski definition) is 2. The van der Waals surface area contributed by atoms with Crippen LogP contribution in [0.5, 0.6) is 0 Å². The highest BCUT2D eigenvalue weighted by Crippen LogP contribution is 2.49. The van der Waals surface area contributed by atoms with Gasteiger partial charge in [0.15, 0.2) is 0 Å². The zero-order valence-electron chi connectivity index (χ0n) is 17.4. The first kappa shape index (κ1) is 19.2. The molecule has 1 N–H and O–H groups in total. The lowest BCUT2D eigenvalue weighted by atomic mass is 9.65. The molecule has 2 aromatic carbocycles. The monoisotopic (exact) mass is 376 g/mol. The summed E-state index contributed by atoms with van der Waals surface area (Å²) >= 11 is 0. The average molecular weight is 377 g/mol. The van der Waals surface area contributed by atoms with Crippen molar-refractivity contribution in [2.75, 3.05) is 0 Å². The van der Waals surface area contributed by atoms with Gasteiger partial charge < -0.3 is 0 Å². The molecule has 148 valence electrons. The van der Waals surface area contributed by atoms with E-state index in [0.29, 0.717) is 23.7 Å². The summed E-state index contributed by atoms with van der Waals surface area (Å²) in [4.78, 5) is 13.5. The average Bonchev–Trinajstić information content (AvgIpc) is 3.10. The Balaban J connectivity index is 1.74. The maximum absolute atomic E-state index is 13.5. The molecule has 2 fully saturated rings.